The number of rotatable bonds is 6. The predicted molar refractivity (Wildman–Crippen MR) is 67.8 cm³/mol. The van der Waals surface area contributed by atoms with E-state index in [-0.39, 0.29) is 4.90 Å². The smallest absolute Gasteiger partial charge is 0.258 e. The van der Waals surface area contributed by atoms with Crippen molar-refractivity contribution in [2.75, 3.05) is 13.6 Å². The Morgan fingerprint density at radius 2 is 2.05 bits per heavy atom. The lowest BCUT2D eigenvalue weighted by atomic mass is 10.3. The van der Waals surface area contributed by atoms with Gasteiger partial charge in [-0.2, -0.15) is 4.39 Å². The van der Waals surface area contributed by atoms with E-state index in [1.54, 1.807) is 0 Å². The summed E-state index contributed by atoms with van der Waals surface area (Å²) in [7, 11) is -2.41. The van der Waals surface area contributed by atoms with Crippen molar-refractivity contribution in [2.45, 2.75) is 24.7 Å². The monoisotopic (exact) mass is 290 g/mol. The third-order valence-corrected chi connectivity index (χ3v) is 4.50. The Kier molecular flexibility index (Phi) is 4.96. The topological polar surface area (TPSA) is 80.5 Å². The van der Waals surface area contributed by atoms with Crippen LogP contribution in [0, 0.1) is 15.9 Å². The second kappa shape index (κ2) is 6.07. The molecule has 1 aromatic carbocycles. The fourth-order valence-corrected chi connectivity index (χ4v) is 2.70. The summed E-state index contributed by atoms with van der Waals surface area (Å²) in [5.74, 6) is -1.16. The molecule has 0 aliphatic rings. The maximum atomic E-state index is 13.4. The van der Waals surface area contributed by atoms with Gasteiger partial charge in [0, 0.05) is 25.7 Å². The van der Waals surface area contributed by atoms with Gasteiger partial charge in [-0.05, 0) is 12.5 Å². The molecule has 6 nitrogen and oxygen atoms in total. The van der Waals surface area contributed by atoms with Crippen LogP contribution < -0.4 is 0 Å². The molecule has 19 heavy (non-hydrogen) atoms. The van der Waals surface area contributed by atoms with Crippen molar-refractivity contribution in [2.24, 2.45) is 0 Å². The maximum absolute atomic E-state index is 13.4. The zero-order chi connectivity index (χ0) is 14.6. The van der Waals surface area contributed by atoms with E-state index in [0.29, 0.717) is 19.0 Å². The van der Waals surface area contributed by atoms with Crippen LogP contribution in [-0.4, -0.2) is 31.2 Å². The Labute approximate surface area is 111 Å². The Morgan fingerprint density at radius 3 is 2.53 bits per heavy atom. The van der Waals surface area contributed by atoms with Gasteiger partial charge in [0.1, 0.15) is 0 Å². The predicted octanol–water partition coefficient (Wildman–Crippen LogP) is 2.15. The van der Waals surface area contributed by atoms with E-state index in [2.05, 4.69) is 0 Å². The normalized spacial score (nSPS) is 11.8. The average Bonchev–Trinajstić information content (AvgIpc) is 2.35. The molecule has 0 radical (unpaired) electrons. The van der Waals surface area contributed by atoms with E-state index in [9.17, 15) is 22.9 Å². The minimum atomic E-state index is -3.81. The molecule has 106 valence electrons. The van der Waals surface area contributed by atoms with Crippen molar-refractivity contribution in [3.05, 3.63) is 34.1 Å². The van der Waals surface area contributed by atoms with Gasteiger partial charge in [0.25, 0.3) is 0 Å². The van der Waals surface area contributed by atoms with Gasteiger partial charge in [-0.3, -0.25) is 10.1 Å². The van der Waals surface area contributed by atoms with Crippen molar-refractivity contribution in [1.82, 2.24) is 4.31 Å². The molecular formula is C11H15FN2O4S. The van der Waals surface area contributed by atoms with Crippen LogP contribution >= 0.6 is 0 Å². The summed E-state index contributed by atoms with van der Waals surface area (Å²) in [5, 5.41) is 10.5. The molecule has 8 heteroatoms. The minimum Gasteiger partial charge on any atom is -0.258 e. The average molecular weight is 290 g/mol. The number of hydrogen-bond donors (Lipinski definition) is 0. The van der Waals surface area contributed by atoms with E-state index >= 15 is 0 Å². The van der Waals surface area contributed by atoms with Crippen LogP contribution in [-0.2, 0) is 10.0 Å². The highest BCUT2D eigenvalue weighted by Crippen LogP contribution is 2.22. The van der Waals surface area contributed by atoms with Gasteiger partial charge in [0.15, 0.2) is 0 Å². The quantitative estimate of drug-likeness (QED) is 0.594. The first-order chi connectivity index (χ1) is 8.80. The molecule has 0 amide bonds. The van der Waals surface area contributed by atoms with Gasteiger partial charge in [-0.1, -0.05) is 13.3 Å². The summed E-state index contributed by atoms with van der Waals surface area (Å²) < 4.78 is 38.7. The standard InChI is InChI=1S/C11H15FN2O4S/c1-3-4-7-13(2)19(17,18)9-5-6-11(14(15)16)10(12)8-9/h5-6,8H,3-4,7H2,1-2H3. The first kappa shape index (κ1) is 15.5. The minimum absolute atomic E-state index is 0.283. The van der Waals surface area contributed by atoms with E-state index in [0.717, 1.165) is 22.9 Å². The lowest BCUT2D eigenvalue weighted by molar-refractivity contribution is -0.387. The van der Waals surface area contributed by atoms with Crippen LogP contribution in [0.5, 0.6) is 0 Å². The zero-order valence-corrected chi connectivity index (χ0v) is 11.5. The van der Waals surface area contributed by atoms with E-state index < -0.39 is 26.5 Å². The fourth-order valence-electron chi connectivity index (χ4n) is 1.48. The van der Waals surface area contributed by atoms with E-state index in [1.807, 2.05) is 6.92 Å². The summed E-state index contributed by atoms with van der Waals surface area (Å²) >= 11 is 0. The number of hydrogen-bond acceptors (Lipinski definition) is 4. The zero-order valence-electron chi connectivity index (χ0n) is 10.7. The summed E-state index contributed by atoms with van der Waals surface area (Å²) in [4.78, 5) is 9.28. The first-order valence-electron chi connectivity index (χ1n) is 5.71. The highest BCUT2D eigenvalue weighted by Gasteiger charge is 2.24. The number of nitro groups is 1. The number of sulfonamides is 1. The molecule has 0 unspecified atom stereocenters. The Hall–Kier alpha value is -1.54. The third-order valence-electron chi connectivity index (χ3n) is 2.65. The van der Waals surface area contributed by atoms with Gasteiger partial charge >= 0.3 is 5.69 Å². The summed E-state index contributed by atoms with van der Waals surface area (Å²) in [6, 6.07) is 2.57. The molecule has 0 saturated carbocycles. The molecule has 0 bridgehead atoms. The highest BCUT2D eigenvalue weighted by molar-refractivity contribution is 7.89. The molecule has 1 rings (SSSR count). The van der Waals surface area contributed by atoms with Crippen molar-refractivity contribution >= 4 is 15.7 Å². The van der Waals surface area contributed by atoms with E-state index in [4.69, 9.17) is 0 Å². The molecule has 0 spiro atoms. The molecule has 0 aliphatic heterocycles. The second-order valence-corrected chi connectivity index (χ2v) is 6.10. The molecule has 0 aromatic heterocycles. The van der Waals surface area contributed by atoms with Gasteiger partial charge < -0.3 is 0 Å². The Morgan fingerprint density at radius 1 is 1.42 bits per heavy atom. The molecule has 0 heterocycles. The molecule has 1 aromatic rings. The molecule has 0 aliphatic carbocycles. The largest absolute Gasteiger partial charge is 0.304 e. The van der Waals surface area contributed by atoms with Crippen LogP contribution in [0.4, 0.5) is 10.1 Å². The SMILES string of the molecule is CCCCN(C)S(=O)(=O)c1ccc([N+](=O)[O-])c(F)c1. The summed E-state index contributed by atoms with van der Waals surface area (Å²) in [6.45, 7) is 2.24. The van der Waals surface area contributed by atoms with E-state index in [1.165, 1.54) is 7.05 Å². The van der Waals surface area contributed by atoms with Crippen LogP contribution in [0.1, 0.15) is 19.8 Å². The van der Waals surface area contributed by atoms with Gasteiger partial charge in [-0.15, -0.1) is 0 Å². The Bertz CT molecular complexity index is 574. The summed E-state index contributed by atoms with van der Waals surface area (Å²) in [5.41, 5.74) is -0.741. The maximum Gasteiger partial charge on any atom is 0.304 e. The van der Waals surface area contributed by atoms with Crippen molar-refractivity contribution < 1.29 is 17.7 Å². The lowest BCUT2D eigenvalue weighted by Crippen LogP contribution is -2.28. The number of unbranched alkanes of at least 4 members (excludes halogenated alkanes) is 1. The number of halogens is 1. The second-order valence-electron chi connectivity index (χ2n) is 4.05. The van der Waals surface area contributed by atoms with Gasteiger partial charge in [0.2, 0.25) is 15.8 Å². The molecule has 0 atom stereocenters. The summed E-state index contributed by atoms with van der Waals surface area (Å²) in [6.07, 6.45) is 1.51. The van der Waals surface area contributed by atoms with Crippen LogP contribution in [0.25, 0.3) is 0 Å². The lowest BCUT2D eigenvalue weighted by Gasteiger charge is -2.16. The Balaban J connectivity index is 3.09. The van der Waals surface area contributed by atoms with Crippen LogP contribution in [0.15, 0.2) is 23.1 Å². The fraction of sp³-hybridized carbons (Fsp3) is 0.455. The number of nitrogens with zero attached hydrogens (tertiary/aromatic N) is 2. The molecule has 0 saturated heterocycles. The molecule has 0 fully saturated rings. The van der Waals surface area contributed by atoms with Crippen molar-refractivity contribution in [1.29, 1.82) is 0 Å². The van der Waals surface area contributed by atoms with Crippen molar-refractivity contribution in [3.8, 4) is 0 Å². The third kappa shape index (κ3) is 3.48. The van der Waals surface area contributed by atoms with Gasteiger partial charge in [-0.25, -0.2) is 12.7 Å². The number of benzene rings is 1. The van der Waals surface area contributed by atoms with Crippen LogP contribution in [0.2, 0.25) is 0 Å². The molecule has 0 N–H and O–H groups in total. The van der Waals surface area contributed by atoms with Gasteiger partial charge in [0.05, 0.1) is 9.82 Å². The van der Waals surface area contributed by atoms with Crippen molar-refractivity contribution in [3.63, 3.8) is 0 Å². The number of nitro benzene ring substituents is 1. The van der Waals surface area contributed by atoms with Crippen LogP contribution in [0.3, 0.4) is 0 Å². The molecular weight excluding hydrogens is 275 g/mol. The first-order valence-corrected chi connectivity index (χ1v) is 7.15. The highest BCUT2D eigenvalue weighted by atomic mass is 32.2.